The van der Waals surface area contributed by atoms with E-state index in [9.17, 15) is 0 Å². The Morgan fingerprint density at radius 3 is 2.61 bits per heavy atom. The van der Waals surface area contributed by atoms with E-state index in [1.807, 2.05) is 51.1 Å². The average Bonchev–Trinajstić information content (AvgIpc) is 2.85. The SMILES string of the molecule is CC(=NOCc1ccccc1)c1sc2nc(C)nc(C)c2c1C. The predicted molar refractivity (Wildman–Crippen MR) is 95.1 cm³/mol. The molecule has 0 saturated heterocycles. The van der Waals surface area contributed by atoms with Gasteiger partial charge in [-0.2, -0.15) is 0 Å². The fourth-order valence-electron chi connectivity index (χ4n) is 2.64. The average molecular weight is 325 g/mol. The van der Waals surface area contributed by atoms with Crippen LogP contribution in [0.1, 0.15) is 34.4 Å². The maximum Gasteiger partial charge on any atom is 0.142 e. The summed E-state index contributed by atoms with van der Waals surface area (Å²) in [7, 11) is 0. The molecule has 118 valence electrons. The van der Waals surface area contributed by atoms with Gasteiger partial charge in [0, 0.05) is 11.1 Å². The highest BCUT2D eigenvalue weighted by Crippen LogP contribution is 2.31. The van der Waals surface area contributed by atoms with Gasteiger partial charge in [0.2, 0.25) is 0 Å². The van der Waals surface area contributed by atoms with Crippen LogP contribution in [0.25, 0.3) is 10.2 Å². The zero-order chi connectivity index (χ0) is 16.4. The lowest BCUT2D eigenvalue weighted by Crippen LogP contribution is -1.96. The van der Waals surface area contributed by atoms with E-state index in [2.05, 4.69) is 22.0 Å². The monoisotopic (exact) mass is 325 g/mol. The van der Waals surface area contributed by atoms with Gasteiger partial charge in [-0.25, -0.2) is 9.97 Å². The summed E-state index contributed by atoms with van der Waals surface area (Å²) < 4.78 is 0. The van der Waals surface area contributed by atoms with Gasteiger partial charge in [-0.1, -0.05) is 35.5 Å². The maximum atomic E-state index is 5.50. The van der Waals surface area contributed by atoms with E-state index in [1.54, 1.807) is 11.3 Å². The van der Waals surface area contributed by atoms with Gasteiger partial charge < -0.3 is 4.84 Å². The third-order valence-electron chi connectivity index (χ3n) is 3.69. The van der Waals surface area contributed by atoms with Crippen LogP contribution in [-0.2, 0) is 11.4 Å². The van der Waals surface area contributed by atoms with E-state index in [1.165, 1.54) is 5.56 Å². The molecule has 2 aromatic heterocycles. The van der Waals surface area contributed by atoms with Gasteiger partial charge in [-0.3, -0.25) is 0 Å². The fourth-order valence-corrected chi connectivity index (χ4v) is 3.85. The van der Waals surface area contributed by atoms with Gasteiger partial charge >= 0.3 is 0 Å². The number of hydrogen-bond acceptors (Lipinski definition) is 5. The Bertz CT molecular complexity index is 869. The van der Waals surface area contributed by atoms with E-state index < -0.39 is 0 Å². The highest BCUT2D eigenvalue weighted by molar-refractivity contribution is 7.20. The largest absolute Gasteiger partial charge is 0.391 e. The molecule has 0 aliphatic heterocycles. The van der Waals surface area contributed by atoms with Crippen LogP contribution in [0, 0.1) is 20.8 Å². The standard InChI is InChI=1S/C18H19N3OS/c1-11-16-12(2)19-14(4)20-18(16)23-17(11)13(3)21-22-10-15-8-6-5-7-9-15/h5-9H,10H2,1-4H3. The second kappa shape index (κ2) is 6.46. The number of thiophene rings is 1. The molecule has 2 heterocycles. The van der Waals surface area contributed by atoms with Crippen molar-refractivity contribution in [1.29, 1.82) is 0 Å². The second-order valence-electron chi connectivity index (χ2n) is 5.53. The highest BCUT2D eigenvalue weighted by Gasteiger charge is 2.15. The van der Waals surface area contributed by atoms with Crippen molar-refractivity contribution in [2.75, 3.05) is 0 Å². The number of aryl methyl sites for hydroxylation is 3. The first-order chi connectivity index (χ1) is 11.1. The summed E-state index contributed by atoms with van der Waals surface area (Å²) in [4.78, 5) is 16.6. The molecule has 1 aromatic carbocycles. The van der Waals surface area contributed by atoms with Crippen molar-refractivity contribution in [1.82, 2.24) is 9.97 Å². The Hall–Kier alpha value is -2.27. The molecule has 5 heteroatoms. The van der Waals surface area contributed by atoms with Gasteiger partial charge in [0.15, 0.2) is 0 Å². The van der Waals surface area contributed by atoms with Crippen LogP contribution in [0.4, 0.5) is 0 Å². The van der Waals surface area contributed by atoms with E-state index >= 15 is 0 Å². The first-order valence-electron chi connectivity index (χ1n) is 7.51. The van der Waals surface area contributed by atoms with Crippen molar-refractivity contribution in [3.05, 3.63) is 57.9 Å². The van der Waals surface area contributed by atoms with Crippen LogP contribution >= 0.6 is 11.3 Å². The molecule has 23 heavy (non-hydrogen) atoms. The Morgan fingerprint density at radius 1 is 1.13 bits per heavy atom. The van der Waals surface area contributed by atoms with Crippen LogP contribution in [0.3, 0.4) is 0 Å². The molecule has 0 aliphatic carbocycles. The Balaban J connectivity index is 1.86. The van der Waals surface area contributed by atoms with E-state index in [4.69, 9.17) is 4.84 Å². The van der Waals surface area contributed by atoms with E-state index in [-0.39, 0.29) is 0 Å². The molecule has 0 spiro atoms. The molecule has 4 nitrogen and oxygen atoms in total. The molecule has 0 fully saturated rings. The second-order valence-corrected chi connectivity index (χ2v) is 6.53. The molecule has 0 saturated carbocycles. The van der Waals surface area contributed by atoms with Crippen LogP contribution in [0.15, 0.2) is 35.5 Å². The first kappa shape index (κ1) is 15.6. The van der Waals surface area contributed by atoms with Crippen molar-refractivity contribution in [3.63, 3.8) is 0 Å². The minimum Gasteiger partial charge on any atom is -0.391 e. The summed E-state index contributed by atoms with van der Waals surface area (Å²) in [5.41, 5.74) is 4.17. The summed E-state index contributed by atoms with van der Waals surface area (Å²) in [6.07, 6.45) is 0. The lowest BCUT2D eigenvalue weighted by Gasteiger charge is -2.02. The lowest BCUT2D eigenvalue weighted by molar-refractivity contribution is 0.130. The van der Waals surface area contributed by atoms with Crippen molar-refractivity contribution < 1.29 is 4.84 Å². The zero-order valence-electron chi connectivity index (χ0n) is 13.8. The Labute approximate surface area is 139 Å². The van der Waals surface area contributed by atoms with Crippen molar-refractivity contribution in [2.45, 2.75) is 34.3 Å². The summed E-state index contributed by atoms with van der Waals surface area (Å²) in [5, 5.41) is 5.41. The molecule has 3 aromatic rings. The minimum absolute atomic E-state index is 0.472. The molecule has 0 radical (unpaired) electrons. The molecule has 0 aliphatic rings. The topological polar surface area (TPSA) is 47.4 Å². The van der Waals surface area contributed by atoms with E-state index in [0.29, 0.717) is 6.61 Å². The molecule has 0 atom stereocenters. The van der Waals surface area contributed by atoms with Crippen LogP contribution in [-0.4, -0.2) is 15.7 Å². The van der Waals surface area contributed by atoms with Gasteiger partial charge in [0.05, 0.1) is 10.6 Å². The highest BCUT2D eigenvalue weighted by atomic mass is 32.1. The van der Waals surface area contributed by atoms with Crippen molar-refractivity contribution in [2.24, 2.45) is 5.16 Å². The predicted octanol–water partition coefficient (Wildman–Crippen LogP) is 4.56. The number of benzene rings is 1. The van der Waals surface area contributed by atoms with Crippen molar-refractivity contribution in [3.8, 4) is 0 Å². The van der Waals surface area contributed by atoms with Gasteiger partial charge in [-0.15, -0.1) is 11.3 Å². The first-order valence-corrected chi connectivity index (χ1v) is 8.33. The van der Waals surface area contributed by atoms with Crippen molar-refractivity contribution >= 4 is 27.3 Å². The smallest absolute Gasteiger partial charge is 0.142 e. The lowest BCUT2D eigenvalue weighted by atomic mass is 10.1. The normalized spacial score (nSPS) is 11.9. The summed E-state index contributed by atoms with van der Waals surface area (Å²) >= 11 is 1.64. The van der Waals surface area contributed by atoms with Crippen LogP contribution < -0.4 is 0 Å². The number of rotatable bonds is 4. The summed E-state index contributed by atoms with van der Waals surface area (Å²) in [6.45, 7) is 8.48. The molecule has 3 rings (SSSR count). The molecular formula is C18H19N3OS. The van der Waals surface area contributed by atoms with Gasteiger partial charge in [0.1, 0.15) is 17.3 Å². The van der Waals surface area contributed by atoms with Gasteiger partial charge in [-0.05, 0) is 38.8 Å². The Kier molecular flexibility index (Phi) is 4.39. The van der Waals surface area contributed by atoms with Crippen LogP contribution in [0.2, 0.25) is 0 Å². The van der Waals surface area contributed by atoms with E-state index in [0.717, 1.165) is 37.9 Å². The molecular weight excluding hydrogens is 306 g/mol. The molecule has 0 N–H and O–H groups in total. The summed E-state index contributed by atoms with van der Waals surface area (Å²) in [6, 6.07) is 10.0. The van der Waals surface area contributed by atoms with Gasteiger partial charge in [0.25, 0.3) is 0 Å². The number of oxime groups is 1. The minimum atomic E-state index is 0.472. The zero-order valence-corrected chi connectivity index (χ0v) is 14.6. The molecule has 0 amide bonds. The molecule has 0 bridgehead atoms. The summed E-state index contributed by atoms with van der Waals surface area (Å²) in [5.74, 6) is 0.803. The third kappa shape index (κ3) is 3.24. The fraction of sp³-hybridized carbons (Fsp3) is 0.278. The number of nitrogens with zero attached hydrogens (tertiary/aromatic N) is 3. The third-order valence-corrected chi connectivity index (χ3v) is 4.98. The number of hydrogen-bond donors (Lipinski definition) is 0. The Morgan fingerprint density at radius 2 is 1.87 bits per heavy atom. The number of fused-ring (bicyclic) bond motifs is 1. The maximum absolute atomic E-state index is 5.50. The number of aromatic nitrogens is 2. The molecule has 0 unspecified atom stereocenters. The quantitative estimate of drug-likeness (QED) is 0.522. The van der Waals surface area contributed by atoms with Crippen LogP contribution in [0.5, 0.6) is 0 Å².